The molecule has 8 heteroatoms. The van der Waals surface area contributed by atoms with Crippen LogP contribution in [0.2, 0.25) is 5.15 Å². The van der Waals surface area contributed by atoms with Gasteiger partial charge < -0.3 is 9.80 Å². The topological polar surface area (TPSA) is 61.7 Å². The summed E-state index contributed by atoms with van der Waals surface area (Å²) in [6, 6.07) is 9.38. The highest BCUT2D eigenvalue weighted by atomic mass is 35.5. The first kappa shape index (κ1) is 22.8. The zero-order chi connectivity index (χ0) is 22.7. The Morgan fingerprint density at radius 2 is 1.72 bits per heavy atom. The summed E-state index contributed by atoms with van der Waals surface area (Å²) in [5.74, 6) is 0.317. The van der Waals surface area contributed by atoms with Gasteiger partial charge >= 0.3 is 0 Å². The molecular formula is C24H32ClN5O2. The molecule has 0 aliphatic carbocycles. The van der Waals surface area contributed by atoms with Crippen molar-refractivity contribution in [1.29, 1.82) is 0 Å². The summed E-state index contributed by atoms with van der Waals surface area (Å²) in [4.78, 5) is 32.1. The largest absolute Gasteiger partial charge is 0.341 e. The van der Waals surface area contributed by atoms with Gasteiger partial charge in [0.25, 0.3) is 5.91 Å². The van der Waals surface area contributed by atoms with Crippen LogP contribution in [0.5, 0.6) is 0 Å². The van der Waals surface area contributed by atoms with E-state index >= 15 is 0 Å². The van der Waals surface area contributed by atoms with Crippen molar-refractivity contribution in [3.63, 3.8) is 0 Å². The molecule has 2 aliphatic heterocycles. The van der Waals surface area contributed by atoms with Gasteiger partial charge in [0.1, 0.15) is 5.15 Å². The van der Waals surface area contributed by atoms with Gasteiger partial charge in [-0.15, -0.1) is 0 Å². The van der Waals surface area contributed by atoms with Crippen molar-refractivity contribution in [2.24, 2.45) is 13.0 Å². The van der Waals surface area contributed by atoms with E-state index in [2.05, 4.69) is 10.00 Å². The number of rotatable bonds is 4. The third kappa shape index (κ3) is 4.99. The van der Waals surface area contributed by atoms with E-state index in [0.29, 0.717) is 23.8 Å². The first-order valence-corrected chi connectivity index (χ1v) is 11.8. The molecular weight excluding hydrogens is 426 g/mol. The van der Waals surface area contributed by atoms with Crippen LogP contribution in [0.3, 0.4) is 0 Å². The normalized spacial score (nSPS) is 18.6. The number of carbonyl (C=O) groups excluding carboxylic acids is 2. The molecule has 0 spiro atoms. The lowest BCUT2D eigenvalue weighted by Gasteiger charge is -2.34. The fourth-order valence-electron chi connectivity index (χ4n) is 4.78. The molecule has 172 valence electrons. The minimum absolute atomic E-state index is 0.0105. The molecule has 0 radical (unpaired) electrons. The molecule has 4 rings (SSSR count). The van der Waals surface area contributed by atoms with Crippen LogP contribution in [0.1, 0.15) is 40.9 Å². The predicted octanol–water partition coefficient (Wildman–Crippen LogP) is 2.97. The molecule has 32 heavy (non-hydrogen) atoms. The highest BCUT2D eigenvalue weighted by Crippen LogP contribution is 2.24. The lowest BCUT2D eigenvalue weighted by Crippen LogP contribution is -2.45. The van der Waals surface area contributed by atoms with E-state index in [0.717, 1.165) is 63.2 Å². The van der Waals surface area contributed by atoms with Gasteiger partial charge in [0.2, 0.25) is 5.91 Å². The van der Waals surface area contributed by atoms with E-state index in [9.17, 15) is 9.59 Å². The summed E-state index contributed by atoms with van der Waals surface area (Å²) in [5, 5.41) is 5.10. The summed E-state index contributed by atoms with van der Waals surface area (Å²) < 4.78 is 1.72. The van der Waals surface area contributed by atoms with E-state index < -0.39 is 0 Å². The first-order chi connectivity index (χ1) is 15.4. The Balaban J connectivity index is 1.28. The van der Waals surface area contributed by atoms with Crippen molar-refractivity contribution in [2.75, 3.05) is 39.3 Å². The van der Waals surface area contributed by atoms with Crippen molar-refractivity contribution in [3.8, 4) is 0 Å². The minimum atomic E-state index is 0.0105. The van der Waals surface area contributed by atoms with Crippen LogP contribution < -0.4 is 0 Å². The molecule has 2 aliphatic rings. The Morgan fingerprint density at radius 1 is 1.00 bits per heavy atom. The van der Waals surface area contributed by atoms with Gasteiger partial charge in [0.15, 0.2) is 0 Å². The number of likely N-dealkylation sites (tertiary alicyclic amines) is 1. The monoisotopic (exact) mass is 457 g/mol. The van der Waals surface area contributed by atoms with Gasteiger partial charge in [-0.05, 0) is 38.3 Å². The number of aromatic nitrogens is 2. The summed E-state index contributed by atoms with van der Waals surface area (Å²) >= 11 is 6.41. The molecule has 7 nitrogen and oxygen atoms in total. The summed E-state index contributed by atoms with van der Waals surface area (Å²) in [6.07, 6.45) is 2.43. The van der Waals surface area contributed by atoms with E-state index in [1.54, 1.807) is 4.68 Å². The predicted molar refractivity (Wildman–Crippen MR) is 124 cm³/mol. The maximum Gasteiger partial charge on any atom is 0.253 e. The molecule has 2 saturated heterocycles. The van der Waals surface area contributed by atoms with Crippen molar-refractivity contribution in [3.05, 3.63) is 52.3 Å². The average Bonchev–Trinajstić information content (AvgIpc) is 2.98. The Morgan fingerprint density at radius 3 is 2.38 bits per heavy atom. The van der Waals surface area contributed by atoms with Crippen molar-refractivity contribution in [1.82, 2.24) is 24.5 Å². The number of piperidine rings is 1. The van der Waals surface area contributed by atoms with Gasteiger partial charge in [0, 0.05) is 69.9 Å². The van der Waals surface area contributed by atoms with Gasteiger partial charge in [-0.2, -0.15) is 5.10 Å². The highest BCUT2D eigenvalue weighted by Gasteiger charge is 2.31. The number of hydrogen-bond acceptors (Lipinski definition) is 4. The quantitative estimate of drug-likeness (QED) is 0.708. The van der Waals surface area contributed by atoms with Gasteiger partial charge in [0.05, 0.1) is 5.69 Å². The Kier molecular flexibility index (Phi) is 7.16. The standard InChI is InChI=1S/C24H32ClN5O2/c1-18-21(22(25)27(2)26-18)17-28-11-6-12-29(16-15-28)24(32)20-9-13-30(14-10-20)23(31)19-7-4-3-5-8-19/h3-5,7-8,20H,6,9-17H2,1-2H3. The molecule has 0 N–H and O–H groups in total. The Bertz CT molecular complexity index is 953. The van der Waals surface area contributed by atoms with E-state index in [1.165, 1.54) is 0 Å². The van der Waals surface area contributed by atoms with Crippen LogP contribution in [0.25, 0.3) is 0 Å². The Hall–Kier alpha value is -2.38. The third-order valence-electron chi connectivity index (χ3n) is 6.70. The maximum absolute atomic E-state index is 13.2. The first-order valence-electron chi connectivity index (χ1n) is 11.5. The number of benzene rings is 1. The Labute approximate surface area is 194 Å². The fourth-order valence-corrected chi connectivity index (χ4v) is 5.01. The van der Waals surface area contributed by atoms with Gasteiger partial charge in [-0.25, -0.2) is 0 Å². The third-order valence-corrected chi connectivity index (χ3v) is 7.18. The van der Waals surface area contributed by atoms with E-state index in [1.807, 2.05) is 54.1 Å². The second-order valence-electron chi connectivity index (χ2n) is 8.87. The number of aryl methyl sites for hydroxylation is 2. The number of halogens is 1. The molecule has 0 bridgehead atoms. The van der Waals surface area contributed by atoms with Crippen LogP contribution in [0.4, 0.5) is 0 Å². The van der Waals surface area contributed by atoms with Crippen LogP contribution in [-0.2, 0) is 18.4 Å². The van der Waals surface area contributed by atoms with Crippen LogP contribution in [0.15, 0.2) is 30.3 Å². The van der Waals surface area contributed by atoms with Crippen LogP contribution in [-0.4, -0.2) is 75.6 Å². The number of carbonyl (C=O) groups is 2. The molecule has 2 aromatic rings. The van der Waals surface area contributed by atoms with Gasteiger partial charge in [-0.1, -0.05) is 29.8 Å². The minimum Gasteiger partial charge on any atom is -0.341 e. The van der Waals surface area contributed by atoms with Crippen molar-refractivity contribution in [2.45, 2.75) is 32.7 Å². The average molecular weight is 458 g/mol. The molecule has 3 heterocycles. The molecule has 1 aromatic heterocycles. The fraction of sp³-hybridized carbons (Fsp3) is 0.542. The number of amides is 2. The molecule has 2 fully saturated rings. The van der Waals surface area contributed by atoms with Crippen molar-refractivity contribution >= 4 is 23.4 Å². The summed E-state index contributed by atoms with van der Waals surface area (Å²) in [7, 11) is 1.86. The molecule has 1 aromatic carbocycles. The zero-order valence-electron chi connectivity index (χ0n) is 19.0. The smallest absolute Gasteiger partial charge is 0.253 e. The molecule has 0 unspecified atom stereocenters. The maximum atomic E-state index is 13.2. The molecule has 0 atom stereocenters. The number of hydrogen-bond donors (Lipinski definition) is 0. The van der Waals surface area contributed by atoms with E-state index in [-0.39, 0.29) is 17.7 Å². The summed E-state index contributed by atoms with van der Waals surface area (Å²) in [5.41, 5.74) is 2.75. The van der Waals surface area contributed by atoms with Crippen molar-refractivity contribution < 1.29 is 9.59 Å². The zero-order valence-corrected chi connectivity index (χ0v) is 19.7. The molecule has 2 amide bonds. The highest BCUT2D eigenvalue weighted by molar-refractivity contribution is 6.30. The second kappa shape index (κ2) is 10.0. The summed E-state index contributed by atoms with van der Waals surface area (Å²) in [6.45, 7) is 7.34. The number of nitrogens with zero attached hydrogens (tertiary/aromatic N) is 5. The lowest BCUT2D eigenvalue weighted by molar-refractivity contribution is -0.136. The second-order valence-corrected chi connectivity index (χ2v) is 9.22. The van der Waals surface area contributed by atoms with E-state index in [4.69, 9.17) is 11.6 Å². The molecule has 0 saturated carbocycles. The SMILES string of the molecule is Cc1nn(C)c(Cl)c1CN1CCCN(C(=O)C2CCN(C(=O)c3ccccc3)CC2)CC1. The van der Waals surface area contributed by atoms with Gasteiger partial charge in [-0.3, -0.25) is 19.2 Å². The lowest BCUT2D eigenvalue weighted by atomic mass is 9.94. The van der Waals surface area contributed by atoms with Crippen LogP contribution >= 0.6 is 11.6 Å². The van der Waals surface area contributed by atoms with Crippen LogP contribution in [0, 0.1) is 12.8 Å².